The minimum Gasteiger partial charge on any atom is -0.333 e. The van der Waals surface area contributed by atoms with E-state index in [1.54, 1.807) is 0 Å². The molecular formula is C14H13ClN4S. The van der Waals surface area contributed by atoms with Crippen molar-refractivity contribution in [3.8, 4) is 0 Å². The number of aromatic amines is 1. The van der Waals surface area contributed by atoms with Gasteiger partial charge in [0.1, 0.15) is 16.0 Å². The normalized spacial score (nSPS) is 11.2. The molecule has 3 aromatic rings. The molecule has 0 spiro atoms. The summed E-state index contributed by atoms with van der Waals surface area (Å²) in [4.78, 5) is 16.4. The van der Waals surface area contributed by atoms with Crippen LogP contribution in [0.4, 0.5) is 0 Å². The Hall–Kier alpha value is -1.59. The van der Waals surface area contributed by atoms with Crippen molar-refractivity contribution in [1.82, 2.24) is 19.9 Å². The number of fused-ring (bicyclic) bond motifs is 1. The van der Waals surface area contributed by atoms with Crippen LogP contribution in [0.1, 0.15) is 17.0 Å². The molecule has 20 heavy (non-hydrogen) atoms. The molecule has 3 rings (SSSR count). The molecule has 0 saturated heterocycles. The number of nitrogens with zero attached hydrogens (tertiary/aromatic N) is 3. The largest absolute Gasteiger partial charge is 0.333 e. The van der Waals surface area contributed by atoms with Gasteiger partial charge < -0.3 is 4.98 Å². The Balaban J connectivity index is 2.01. The molecule has 0 saturated carbocycles. The average molecular weight is 305 g/mol. The predicted octanol–water partition coefficient (Wildman–Crippen LogP) is 4.08. The number of benzene rings is 1. The Morgan fingerprint density at radius 2 is 1.90 bits per heavy atom. The Morgan fingerprint density at radius 1 is 1.10 bits per heavy atom. The van der Waals surface area contributed by atoms with Gasteiger partial charge in [0.05, 0.1) is 11.0 Å². The van der Waals surface area contributed by atoms with Crippen molar-refractivity contribution < 1.29 is 0 Å². The summed E-state index contributed by atoms with van der Waals surface area (Å²) in [5, 5.41) is 2.13. The zero-order valence-electron chi connectivity index (χ0n) is 11.4. The van der Waals surface area contributed by atoms with Gasteiger partial charge in [0.2, 0.25) is 0 Å². The molecule has 2 heterocycles. The van der Waals surface area contributed by atoms with Gasteiger partial charge in [-0.15, -0.1) is 0 Å². The van der Waals surface area contributed by atoms with Gasteiger partial charge in [-0.2, -0.15) is 0 Å². The highest BCUT2D eigenvalue weighted by Crippen LogP contribution is 2.30. The lowest BCUT2D eigenvalue weighted by Gasteiger charge is -2.04. The Labute approximate surface area is 126 Å². The van der Waals surface area contributed by atoms with E-state index >= 15 is 0 Å². The van der Waals surface area contributed by atoms with Crippen LogP contribution >= 0.6 is 23.4 Å². The smallest absolute Gasteiger partial charge is 0.172 e. The van der Waals surface area contributed by atoms with Crippen LogP contribution < -0.4 is 0 Å². The zero-order valence-corrected chi connectivity index (χ0v) is 12.9. The van der Waals surface area contributed by atoms with Gasteiger partial charge in [0, 0.05) is 5.56 Å². The number of aromatic nitrogens is 4. The molecule has 0 unspecified atom stereocenters. The number of aryl methyl sites for hydroxylation is 2. The van der Waals surface area contributed by atoms with E-state index in [9.17, 15) is 0 Å². The summed E-state index contributed by atoms with van der Waals surface area (Å²) in [7, 11) is 0. The summed E-state index contributed by atoms with van der Waals surface area (Å²) in [5.74, 6) is 0.662. The summed E-state index contributed by atoms with van der Waals surface area (Å²) in [6, 6.07) is 6.14. The third-order valence-electron chi connectivity index (χ3n) is 2.96. The SMILES string of the molecule is Cc1ccc2nc(Sc3nc(C)nc(Cl)c3C)[nH]c2c1. The molecule has 0 bridgehead atoms. The molecule has 1 N–H and O–H groups in total. The fraction of sp³-hybridized carbons (Fsp3) is 0.214. The van der Waals surface area contributed by atoms with Gasteiger partial charge in [-0.3, -0.25) is 0 Å². The number of rotatable bonds is 2. The Morgan fingerprint density at radius 3 is 2.70 bits per heavy atom. The van der Waals surface area contributed by atoms with Crippen molar-refractivity contribution in [2.45, 2.75) is 31.0 Å². The summed E-state index contributed by atoms with van der Waals surface area (Å²) in [5.41, 5.74) is 4.06. The Kier molecular flexibility index (Phi) is 3.40. The highest BCUT2D eigenvalue weighted by molar-refractivity contribution is 7.99. The second-order valence-corrected chi connectivity index (χ2v) is 5.99. The van der Waals surface area contributed by atoms with Gasteiger partial charge in [-0.1, -0.05) is 17.7 Å². The third kappa shape index (κ3) is 2.51. The van der Waals surface area contributed by atoms with E-state index in [-0.39, 0.29) is 0 Å². The highest BCUT2D eigenvalue weighted by atomic mass is 35.5. The lowest BCUT2D eigenvalue weighted by molar-refractivity contribution is 0.932. The van der Waals surface area contributed by atoms with Gasteiger partial charge in [-0.25, -0.2) is 15.0 Å². The molecule has 0 amide bonds. The standard InChI is InChI=1S/C14H13ClN4S/c1-7-4-5-10-11(6-7)19-14(18-10)20-13-8(2)12(15)16-9(3)17-13/h4-6H,1-3H3,(H,18,19). The van der Waals surface area contributed by atoms with E-state index in [4.69, 9.17) is 11.6 Å². The van der Waals surface area contributed by atoms with E-state index in [0.29, 0.717) is 11.0 Å². The first-order valence-electron chi connectivity index (χ1n) is 6.18. The van der Waals surface area contributed by atoms with Crippen LogP contribution in [0.5, 0.6) is 0 Å². The van der Waals surface area contributed by atoms with Gasteiger partial charge >= 0.3 is 0 Å². The fourth-order valence-electron chi connectivity index (χ4n) is 1.91. The van der Waals surface area contributed by atoms with E-state index in [1.165, 1.54) is 17.3 Å². The van der Waals surface area contributed by atoms with Crippen molar-refractivity contribution in [3.63, 3.8) is 0 Å². The summed E-state index contributed by atoms with van der Waals surface area (Å²) < 4.78 is 0. The topological polar surface area (TPSA) is 54.5 Å². The maximum atomic E-state index is 6.09. The first-order valence-corrected chi connectivity index (χ1v) is 7.37. The second kappa shape index (κ2) is 5.07. The predicted molar refractivity (Wildman–Crippen MR) is 81.5 cm³/mol. The third-order valence-corrected chi connectivity index (χ3v) is 4.31. The molecule has 102 valence electrons. The number of hydrogen-bond donors (Lipinski definition) is 1. The molecule has 0 fully saturated rings. The first kappa shape index (κ1) is 13.4. The van der Waals surface area contributed by atoms with E-state index in [2.05, 4.69) is 39.0 Å². The van der Waals surface area contributed by atoms with Gasteiger partial charge in [0.25, 0.3) is 0 Å². The van der Waals surface area contributed by atoms with E-state index < -0.39 is 0 Å². The lowest BCUT2D eigenvalue weighted by atomic mass is 10.2. The quantitative estimate of drug-likeness (QED) is 0.725. The van der Waals surface area contributed by atoms with Crippen molar-refractivity contribution in [3.05, 3.63) is 40.3 Å². The van der Waals surface area contributed by atoms with Gasteiger partial charge in [0.15, 0.2) is 5.16 Å². The maximum Gasteiger partial charge on any atom is 0.172 e. The summed E-state index contributed by atoms with van der Waals surface area (Å²) >= 11 is 7.56. The molecule has 2 aromatic heterocycles. The van der Waals surface area contributed by atoms with Crippen LogP contribution in [0.3, 0.4) is 0 Å². The van der Waals surface area contributed by atoms with Crippen molar-refractivity contribution in [2.75, 3.05) is 0 Å². The molecule has 1 aromatic carbocycles. The monoisotopic (exact) mass is 304 g/mol. The van der Waals surface area contributed by atoms with Crippen LogP contribution in [0, 0.1) is 20.8 Å². The zero-order chi connectivity index (χ0) is 14.3. The van der Waals surface area contributed by atoms with Crippen LogP contribution in [0.2, 0.25) is 5.15 Å². The number of nitrogens with one attached hydrogen (secondary N) is 1. The van der Waals surface area contributed by atoms with Crippen LogP contribution in [0.25, 0.3) is 11.0 Å². The Bertz CT molecular complexity index is 797. The van der Waals surface area contributed by atoms with Crippen molar-refractivity contribution in [1.29, 1.82) is 0 Å². The van der Waals surface area contributed by atoms with Crippen molar-refractivity contribution in [2.24, 2.45) is 0 Å². The van der Waals surface area contributed by atoms with Crippen LogP contribution in [-0.2, 0) is 0 Å². The van der Waals surface area contributed by atoms with Crippen LogP contribution in [0.15, 0.2) is 28.4 Å². The molecule has 4 nitrogen and oxygen atoms in total. The summed E-state index contributed by atoms with van der Waals surface area (Å²) in [6.45, 7) is 5.80. The molecular weight excluding hydrogens is 292 g/mol. The number of halogens is 1. The fourth-order valence-corrected chi connectivity index (χ4v) is 3.09. The minimum atomic E-state index is 0.493. The number of imidazole rings is 1. The average Bonchev–Trinajstić information content (AvgIpc) is 2.76. The van der Waals surface area contributed by atoms with Crippen LogP contribution in [-0.4, -0.2) is 19.9 Å². The number of hydrogen-bond acceptors (Lipinski definition) is 4. The molecule has 6 heteroatoms. The molecule has 0 aliphatic carbocycles. The van der Waals surface area contributed by atoms with Gasteiger partial charge in [-0.05, 0) is 50.2 Å². The minimum absolute atomic E-state index is 0.493. The van der Waals surface area contributed by atoms with Crippen molar-refractivity contribution >= 4 is 34.4 Å². The first-order chi connectivity index (χ1) is 9.52. The lowest BCUT2D eigenvalue weighted by Crippen LogP contribution is -1.95. The highest BCUT2D eigenvalue weighted by Gasteiger charge is 2.11. The molecule has 0 atom stereocenters. The maximum absolute atomic E-state index is 6.09. The molecule has 0 aliphatic heterocycles. The second-order valence-electron chi connectivity index (χ2n) is 4.66. The molecule has 0 aliphatic rings. The van der Waals surface area contributed by atoms with E-state index in [0.717, 1.165) is 26.8 Å². The van der Waals surface area contributed by atoms with E-state index in [1.807, 2.05) is 19.9 Å². The number of H-pyrrole nitrogens is 1. The molecule has 0 radical (unpaired) electrons. The summed E-state index contributed by atoms with van der Waals surface area (Å²) in [6.07, 6.45) is 0.